The lowest BCUT2D eigenvalue weighted by molar-refractivity contribution is 0.262. The van der Waals surface area contributed by atoms with Gasteiger partial charge in [0, 0.05) is 60.3 Å². The van der Waals surface area contributed by atoms with Crippen molar-refractivity contribution in [3.05, 3.63) is 54.7 Å². The number of anilines is 3. The molecule has 0 unspecified atom stereocenters. The van der Waals surface area contributed by atoms with Crippen LogP contribution in [0.1, 0.15) is 39.5 Å². The van der Waals surface area contributed by atoms with Crippen LogP contribution >= 0.6 is 0 Å². The van der Waals surface area contributed by atoms with E-state index in [1.165, 1.54) is 36.9 Å². The lowest BCUT2D eigenvalue weighted by atomic mass is 10.2. The van der Waals surface area contributed by atoms with Crippen LogP contribution in [0.4, 0.5) is 21.9 Å². The predicted molar refractivity (Wildman–Crippen MR) is 142 cm³/mol. The summed E-state index contributed by atoms with van der Waals surface area (Å²) in [5, 5.41) is 7.03. The largest absolute Gasteiger partial charge is 0.372 e. The number of aromatic nitrogens is 1. The second-order valence-electron chi connectivity index (χ2n) is 8.91. The predicted octanol–water partition coefficient (Wildman–Crippen LogP) is 6.25. The van der Waals surface area contributed by atoms with Gasteiger partial charge in [0.1, 0.15) is 0 Å². The van der Waals surface area contributed by atoms with Crippen molar-refractivity contribution in [3.63, 3.8) is 0 Å². The van der Waals surface area contributed by atoms with E-state index >= 15 is 0 Å². The highest BCUT2D eigenvalue weighted by Crippen LogP contribution is 2.22. The molecule has 2 N–H and O–H groups in total. The van der Waals surface area contributed by atoms with Crippen LogP contribution in [0.5, 0.6) is 0 Å². The first-order valence-electron chi connectivity index (χ1n) is 12.2. The summed E-state index contributed by atoms with van der Waals surface area (Å²) in [6.07, 6.45) is 6.86. The Balaban J connectivity index is 1.59. The van der Waals surface area contributed by atoms with Gasteiger partial charge in [-0.1, -0.05) is 26.7 Å². The Morgan fingerprint density at radius 1 is 0.848 bits per heavy atom. The number of nitrogens with one attached hydrogen (secondary N) is 2. The van der Waals surface area contributed by atoms with Crippen molar-refractivity contribution in [2.24, 2.45) is 0 Å². The number of amides is 2. The Morgan fingerprint density at radius 2 is 1.48 bits per heavy atom. The molecule has 6 nitrogen and oxygen atoms in total. The molecule has 0 aliphatic heterocycles. The van der Waals surface area contributed by atoms with Gasteiger partial charge in [-0.25, -0.2) is 4.79 Å². The van der Waals surface area contributed by atoms with Gasteiger partial charge in [-0.05, 0) is 75.5 Å². The second-order valence-corrected chi connectivity index (χ2v) is 8.91. The molecule has 1 aromatic heterocycles. The average Bonchev–Trinajstić information content (AvgIpc) is 3.20. The summed E-state index contributed by atoms with van der Waals surface area (Å²) in [6, 6.07) is 16.1. The quantitative estimate of drug-likeness (QED) is 0.343. The zero-order chi connectivity index (χ0) is 23.6. The smallest absolute Gasteiger partial charge is 0.323 e. The van der Waals surface area contributed by atoms with Crippen LogP contribution in [0.15, 0.2) is 54.7 Å². The molecule has 1 heterocycles. The van der Waals surface area contributed by atoms with Crippen LogP contribution in [0.3, 0.4) is 0 Å². The van der Waals surface area contributed by atoms with Crippen molar-refractivity contribution in [2.45, 2.75) is 46.1 Å². The molecule has 2 amide bonds. The van der Waals surface area contributed by atoms with E-state index in [-0.39, 0.29) is 6.03 Å². The lowest BCUT2D eigenvalue weighted by Gasteiger charge is -2.25. The average molecular weight is 450 g/mol. The molecule has 0 saturated carbocycles. The number of hydrogen-bond donors (Lipinski definition) is 2. The standard InChI is InChI=1S/C27H39N5O/c1-5-7-16-31(17-8-6-2)25-12-9-23(10-13-25)28-27(33)29-24-11-14-26-22(21-24)15-18-32(26)20-19-30(3)4/h9-15,18,21H,5-8,16-17,19-20H2,1-4H3,(H2,28,29,33). The van der Waals surface area contributed by atoms with Crippen LogP contribution in [0, 0.1) is 0 Å². The maximum absolute atomic E-state index is 12.6. The van der Waals surface area contributed by atoms with Crippen molar-refractivity contribution in [1.29, 1.82) is 0 Å². The highest BCUT2D eigenvalue weighted by atomic mass is 16.2. The molecular formula is C27H39N5O. The van der Waals surface area contributed by atoms with E-state index in [9.17, 15) is 4.79 Å². The molecule has 33 heavy (non-hydrogen) atoms. The zero-order valence-electron chi connectivity index (χ0n) is 20.6. The van der Waals surface area contributed by atoms with Crippen molar-refractivity contribution >= 4 is 34.0 Å². The second kappa shape index (κ2) is 12.3. The SMILES string of the molecule is CCCCN(CCCC)c1ccc(NC(=O)Nc2ccc3c(ccn3CCN(C)C)c2)cc1. The number of urea groups is 1. The molecule has 6 heteroatoms. The number of hydrogen-bond acceptors (Lipinski definition) is 3. The van der Waals surface area contributed by atoms with Crippen LogP contribution in [-0.4, -0.2) is 49.2 Å². The number of carbonyl (C=O) groups is 1. The molecule has 0 aliphatic carbocycles. The number of rotatable bonds is 12. The Bertz CT molecular complexity index is 1000. The number of benzene rings is 2. The fraction of sp³-hybridized carbons (Fsp3) is 0.444. The van der Waals surface area contributed by atoms with Gasteiger partial charge < -0.3 is 25.0 Å². The van der Waals surface area contributed by atoms with Crippen molar-refractivity contribution in [1.82, 2.24) is 9.47 Å². The highest BCUT2D eigenvalue weighted by molar-refractivity contribution is 6.01. The summed E-state index contributed by atoms with van der Waals surface area (Å²) in [5.41, 5.74) is 3.96. The molecule has 0 bridgehead atoms. The molecule has 3 rings (SSSR count). The fourth-order valence-corrected chi connectivity index (χ4v) is 3.90. The Labute approximate surface area is 198 Å². The van der Waals surface area contributed by atoms with Gasteiger partial charge in [0.05, 0.1) is 0 Å². The maximum Gasteiger partial charge on any atom is 0.323 e. The minimum atomic E-state index is -0.233. The first kappa shape index (κ1) is 24.6. The highest BCUT2D eigenvalue weighted by Gasteiger charge is 2.08. The van der Waals surface area contributed by atoms with Crippen molar-refractivity contribution < 1.29 is 4.79 Å². The summed E-state index contributed by atoms with van der Waals surface area (Å²) in [5.74, 6) is 0. The Kier molecular flexibility index (Phi) is 9.19. The van der Waals surface area contributed by atoms with Gasteiger partial charge in [0.25, 0.3) is 0 Å². The summed E-state index contributed by atoms with van der Waals surface area (Å²) in [4.78, 5) is 17.2. The van der Waals surface area contributed by atoms with E-state index in [1.54, 1.807) is 0 Å². The van der Waals surface area contributed by atoms with Crippen molar-refractivity contribution in [2.75, 3.05) is 49.3 Å². The summed E-state index contributed by atoms with van der Waals surface area (Å²) in [7, 11) is 4.16. The molecule has 3 aromatic rings. The third-order valence-electron chi connectivity index (χ3n) is 5.87. The molecule has 0 atom stereocenters. The van der Waals surface area contributed by atoms with Gasteiger partial charge in [-0.3, -0.25) is 0 Å². The number of carbonyl (C=O) groups excluding carboxylic acids is 1. The Morgan fingerprint density at radius 3 is 2.12 bits per heavy atom. The fourth-order valence-electron chi connectivity index (χ4n) is 3.90. The monoisotopic (exact) mass is 449 g/mol. The van der Waals surface area contributed by atoms with Gasteiger partial charge in [0.15, 0.2) is 0 Å². The van der Waals surface area contributed by atoms with E-state index in [0.717, 1.165) is 42.9 Å². The number of likely N-dealkylation sites (N-methyl/N-ethyl adjacent to an activating group) is 1. The molecule has 0 spiro atoms. The molecule has 2 aromatic carbocycles. The molecule has 0 fully saturated rings. The first-order chi connectivity index (χ1) is 16.0. The van der Waals surface area contributed by atoms with Gasteiger partial charge in [0.2, 0.25) is 0 Å². The van der Waals surface area contributed by atoms with Gasteiger partial charge in [-0.2, -0.15) is 0 Å². The minimum Gasteiger partial charge on any atom is -0.372 e. The topological polar surface area (TPSA) is 52.5 Å². The van der Waals surface area contributed by atoms with E-state index in [2.05, 4.69) is 83.4 Å². The van der Waals surface area contributed by atoms with Crippen LogP contribution < -0.4 is 15.5 Å². The van der Waals surface area contributed by atoms with Gasteiger partial charge >= 0.3 is 6.03 Å². The van der Waals surface area contributed by atoms with Crippen LogP contribution in [0.2, 0.25) is 0 Å². The Hall–Kier alpha value is -2.99. The van der Waals surface area contributed by atoms with E-state index < -0.39 is 0 Å². The first-order valence-corrected chi connectivity index (χ1v) is 12.2. The van der Waals surface area contributed by atoms with E-state index in [0.29, 0.717) is 0 Å². The zero-order valence-corrected chi connectivity index (χ0v) is 20.6. The molecule has 0 saturated heterocycles. The molecule has 0 aliphatic rings. The molecule has 0 radical (unpaired) electrons. The lowest BCUT2D eigenvalue weighted by Crippen LogP contribution is -2.25. The van der Waals surface area contributed by atoms with Crippen molar-refractivity contribution in [3.8, 4) is 0 Å². The van der Waals surface area contributed by atoms with E-state index in [4.69, 9.17) is 0 Å². The summed E-state index contributed by atoms with van der Waals surface area (Å²) < 4.78 is 2.24. The molecule has 178 valence electrons. The number of unbranched alkanes of at least 4 members (excludes halogenated alkanes) is 2. The summed E-state index contributed by atoms with van der Waals surface area (Å²) >= 11 is 0. The van der Waals surface area contributed by atoms with Crippen LogP contribution in [0.25, 0.3) is 10.9 Å². The number of fused-ring (bicyclic) bond motifs is 1. The molecular weight excluding hydrogens is 410 g/mol. The summed E-state index contributed by atoms with van der Waals surface area (Å²) in [6.45, 7) is 8.52. The van der Waals surface area contributed by atoms with Gasteiger partial charge in [-0.15, -0.1) is 0 Å². The van der Waals surface area contributed by atoms with Crippen LogP contribution in [-0.2, 0) is 6.54 Å². The minimum absolute atomic E-state index is 0.233. The number of nitrogens with zero attached hydrogens (tertiary/aromatic N) is 3. The maximum atomic E-state index is 12.6. The third kappa shape index (κ3) is 7.26. The normalized spacial score (nSPS) is 11.2. The third-order valence-corrected chi connectivity index (χ3v) is 5.87. The van der Waals surface area contributed by atoms with E-state index in [1.807, 2.05) is 24.3 Å².